The molecule has 0 saturated heterocycles. The number of para-hydroxylation sites is 1. The third-order valence-corrected chi connectivity index (χ3v) is 5.98. The fourth-order valence-corrected chi connectivity index (χ4v) is 3.84. The van der Waals surface area contributed by atoms with Crippen molar-refractivity contribution in [2.24, 2.45) is 11.7 Å². The minimum absolute atomic E-state index is 0.0849. The van der Waals surface area contributed by atoms with E-state index in [9.17, 15) is 39.0 Å². The van der Waals surface area contributed by atoms with Crippen LogP contribution in [-0.4, -0.2) is 80.1 Å². The molecule has 1 aromatic carbocycles. The highest BCUT2D eigenvalue weighted by Crippen LogP contribution is 2.19. The highest BCUT2D eigenvalue weighted by molar-refractivity contribution is 5.96. The largest absolute Gasteiger partial charge is 0.481 e. The lowest BCUT2D eigenvalue weighted by Crippen LogP contribution is -2.58. The van der Waals surface area contributed by atoms with Gasteiger partial charge in [0.05, 0.1) is 12.5 Å². The predicted octanol–water partition coefficient (Wildman–Crippen LogP) is -0.428. The van der Waals surface area contributed by atoms with E-state index in [1.54, 1.807) is 44.3 Å². The molecule has 3 amide bonds. The molecule has 39 heavy (non-hydrogen) atoms. The van der Waals surface area contributed by atoms with Crippen LogP contribution in [-0.2, 0) is 35.2 Å². The van der Waals surface area contributed by atoms with Crippen molar-refractivity contribution >= 4 is 46.5 Å². The number of hydrogen-bond donors (Lipinski definition) is 8. The number of amides is 3. The van der Waals surface area contributed by atoms with Crippen molar-refractivity contribution in [3.8, 4) is 0 Å². The molecule has 4 unspecified atom stereocenters. The summed E-state index contributed by atoms with van der Waals surface area (Å²) in [6, 6.07) is 1.59. The molecule has 0 radical (unpaired) electrons. The third kappa shape index (κ3) is 9.10. The van der Waals surface area contributed by atoms with Crippen LogP contribution in [0, 0.1) is 5.92 Å². The second-order valence-corrected chi connectivity index (χ2v) is 9.39. The molecule has 14 nitrogen and oxygen atoms in total. The fraction of sp³-hybridized carbons (Fsp3) is 0.440. The van der Waals surface area contributed by atoms with Crippen molar-refractivity contribution < 1.29 is 44.1 Å². The van der Waals surface area contributed by atoms with Crippen LogP contribution in [0.1, 0.15) is 38.7 Å². The number of carbonyl (C=O) groups is 6. The third-order valence-electron chi connectivity index (χ3n) is 5.98. The number of rotatable bonds is 15. The first-order valence-electron chi connectivity index (χ1n) is 12.2. The molecule has 0 bridgehead atoms. The molecule has 1 heterocycles. The first kappa shape index (κ1) is 30.8. The number of benzene rings is 1. The summed E-state index contributed by atoms with van der Waals surface area (Å²) in [4.78, 5) is 75.6. The van der Waals surface area contributed by atoms with Gasteiger partial charge in [0.1, 0.15) is 18.1 Å². The van der Waals surface area contributed by atoms with Crippen molar-refractivity contribution in [1.29, 1.82) is 0 Å². The molecule has 14 heteroatoms. The van der Waals surface area contributed by atoms with E-state index in [-0.39, 0.29) is 19.3 Å². The molecule has 0 saturated carbocycles. The maximum Gasteiger partial charge on any atom is 0.326 e. The van der Waals surface area contributed by atoms with E-state index in [1.807, 2.05) is 0 Å². The average molecular weight is 548 g/mol. The van der Waals surface area contributed by atoms with Crippen LogP contribution in [0.4, 0.5) is 0 Å². The summed E-state index contributed by atoms with van der Waals surface area (Å²) < 4.78 is 0. The maximum atomic E-state index is 13.3. The molecule has 2 aromatic rings. The smallest absolute Gasteiger partial charge is 0.326 e. The van der Waals surface area contributed by atoms with Gasteiger partial charge in [-0.1, -0.05) is 32.0 Å². The second kappa shape index (κ2) is 13.9. The van der Waals surface area contributed by atoms with Crippen molar-refractivity contribution in [2.75, 3.05) is 0 Å². The van der Waals surface area contributed by atoms with E-state index in [2.05, 4.69) is 20.9 Å². The molecule has 9 N–H and O–H groups in total. The van der Waals surface area contributed by atoms with E-state index in [4.69, 9.17) is 10.8 Å². The van der Waals surface area contributed by atoms with Crippen LogP contribution < -0.4 is 21.7 Å². The Bertz CT molecular complexity index is 1230. The quantitative estimate of drug-likeness (QED) is 0.143. The minimum atomic E-state index is -1.65. The minimum Gasteiger partial charge on any atom is -0.481 e. The number of carboxylic acid groups (broad SMARTS) is 3. The first-order chi connectivity index (χ1) is 18.3. The molecule has 2 rings (SSSR count). The van der Waals surface area contributed by atoms with Gasteiger partial charge in [-0.3, -0.25) is 24.0 Å². The Balaban J connectivity index is 2.31. The number of carbonyl (C=O) groups excluding carboxylic acids is 3. The number of aliphatic carboxylic acids is 3. The molecule has 212 valence electrons. The molecule has 0 spiro atoms. The van der Waals surface area contributed by atoms with Gasteiger partial charge in [-0.25, -0.2) is 4.79 Å². The summed E-state index contributed by atoms with van der Waals surface area (Å²) in [6.07, 6.45) is 0.114. The highest BCUT2D eigenvalue weighted by Gasteiger charge is 2.33. The molecule has 0 fully saturated rings. The predicted molar refractivity (Wildman–Crippen MR) is 137 cm³/mol. The zero-order chi connectivity index (χ0) is 29.3. The SMILES string of the molecule is CC(C)C(NC(=O)C(CC(=O)O)NC(=O)C(Cc1c[nH]c2ccccc12)NC(=O)C(N)CCC(=O)O)C(=O)O. The topological polar surface area (TPSA) is 241 Å². The van der Waals surface area contributed by atoms with E-state index in [1.165, 1.54) is 0 Å². The highest BCUT2D eigenvalue weighted by atomic mass is 16.4. The van der Waals surface area contributed by atoms with Crippen molar-refractivity contribution in [3.63, 3.8) is 0 Å². The van der Waals surface area contributed by atoms with Gasteiger partial charge in [0.25, 0.3) is 0 Å². The van der Waals surface area contributed by atoms with Gasteiger partial charge < -0.3 is 42.0 Å². The van der Waals surface area contributed by atoms with Gasteiger partial charge >= 0.3 is 17.9 Å². The number of aromatic nitrogens is 1. The lowest BCUT2D eigenvalue weighted by atomic mass is 10.0. The number of H-pyrrole nitrogens is 1. The van der Waals surface area contributed by atoms with Crippen LogP contribution in [0.15, 0.2) is 30.5 Å². The molecular weight excluding hydrogens is 514 g/mol. The van der Waals surface area contributed by atoms with Crippen molar-refractivity contribution in [1.82, 2.24) is 20.9 Å². The number of nitrogens with two attached hydrogens (primary N) is 1. The Morgan fingerprint density at radius 3 is 2.08 bits per heavy atom. The van der Waals surface area contributed by atoms with Gasteiger partial charge in [-0.15, -0.1) is 0 Å². The van der Waals surface area contributed by atoms with Gasteiger partial charge in [0.15, 0.2) is 0 Å². The Kier molecular flexibility index (Phi) is 11.0. The number of carboxylic acids is 3. The molecular formula is C25H33N5O9. The fourth-order valence-electron chi connectivity index (χ4n) is 3.84. The van der Waals surface area contributed by atoms with Crippen LogP contribution in [0.2, 0.25) is 0 Å². The maximum absolute atomic E-state index is 13.3. The summed E-state index contributed by atoms with van der Waals surface area (Å²) in [7, 11) is 0. The molecule has 4 atom stereocenters. The van der Waals surface area contributed by atoms with E-state index in [0.717, 1.165) is 10.9 Å². The number of fused-ring (bicyclic) bond motifs is 1. The molecule has 0 aliphatic carbocycles. The van der Waals surface area contributed by atoms with Crippen LogP contribution in [0.3, 0.4) is 0 Å². The van der Waals surface area contributed by atoms with E-state index in [0.29, 0.717) is 5.56 Å². The van der Waals surface area contributed by atoms with Crippen LogP contribution >= 0.6 is 0 Å². The molecule has 0 aliphatic heterocycles. The Hall–Kier alpha value is -4.46. The van der Waals surface area contributed by atoms with Crippen molar-refractivity contribution in [2.45, 2.75) is 63.7 Å². The first-order valence-corrected chi connectivity index (χ1v) is 12.2. The Morgan fingerprint density at radius 2 is 1.49 bits per heavy atom. The zero-order valence-corrected chi connectivity index (χ0v) is 21.5. The average Bonchev–Trinajstić information content (AvgIpc) is 3.26. The van der Waals surface area contributed by atoms with Crippen molar-refractivity contribution in [3.05, 3.63) is 36.0 Å². The summed E-state index contributed by atoms with van der Waals surface area (Å²) in [5.41, 5.74) is 7.17. The van der Waals surface area contributed by atoms with Gasteiger partial charge in [0.2, 0.25) is 17.7 Å². The standard InChI is InChI=1S/C25H33N5O9/c1-12(2)21(25(38)39)30-24(37)18(10-20(33)34)29-23(36)17(28-22(35)15(26)7-8-19(31)32)9-13-11-27-16-6-4-3-5-14(13)16/h3-6,11-12,15,17-18,21,27H,7-10,26H2,1-2H3,(H,28,35)(H,29,36)(H,30,37)(H,31,32)(H,33,34)(H,38,39). The summed E-state index contributed by atoms with van der Waals surface area (Å²) in [5.74, 6) is -7.22. The molecule has 1 aromatic heterocycles. The van der Waals surface area contributed by atoms with Gasteiger partial charge in [-0.05, 0) is 24.0 Å². The number of hydrogen-bond acceptors (Lipinski definition) is 7. The second-order valence-electron chi connectivity index (χ2n) is 9.39. The zero-order valence-electron chi connectivity index (χ0n) is 21.5. The normalized spacial score (nSPS) is 14.2. The summed E-state index contributed by atoms with van der Waals surface area (Å²) in [5, 5.41) is 35.3. The van der Waals surface area contributed by atoms with E-state index >= 15 is 0 Å². The summed E-state index contributed by atoms with van der Waals surface area (Å²) >= 11 is 0. The van der Waals surface area contributed by atoms with Gasteiger partial charge in [0, 0.05) is 29.9 Å². The van der Waals surface area contributed by atoms with E-state index < -0.39 is 72.1 Å². The van der Waals surface area contributed by atoms with Gasteiger partial charge in [-0.2, -0.15) is 0 Å². The number of aromatic amines is 1. The Labute approximate surface area is 223 Å². The monoisotopic (exact) mass is 547 g/mol. The van der Waals surface area contributed by atoms with Crippen LogP contribution in [0.25, 0.3) is 10.9 Å². The number of nitrogens with one attached hydrogen (secondary N) is 4. The lowest BCUT2D eigenvalue weighted by Gasteiger charge is -2.25. The molecule has 0 aliphatic rings. The Morgan fingerprint density at radius 1 is 0.872 bits per heavy atom. The van der Waals surface area contributed by atoms with Crippen LogP contribution in [0.5, 0.6) is 0 Å². The lowest BCUT2D eigenvalue weighted by molar-refractivity contribution is -0.144. The summed E-state index contributed by atoms with van der Waals surface area (Å²) in [6.45, 7) is 3.09.